The molecular weight excluding hydrogens is 1410 g/mol. The predicted octanol–water partition coefficient (Wildman–Crippen LogP) is 26.0. The number of esters is 3. The Morgan fingerprint density at radius 3 is 0.780 bits per heavy atom. The zero-order chi connectivity index (χ0) is 79.4. The van der Waals surface area contributed by atoms with Crippen molar-refractivity contribution >= 4 is 33.6 Å². The Morgan fingerprint density at radius 2 is 0.486 bits per heavy atom. The molecule has 0 aliphatic carbocycles. The molecule has 0 spiro atoms. The minimum atomic E-state index is -4.94. The molecule has 0 aromatic carbocycles. The highest BCUT2D eigenvalue weighted by atomic mass is 31.2. The van der Waals surface area contributed by atoms with E-state index in [2.05, 4.69) is 167 Å². The van der Waals surface area contributed by atoms with Gasteiger partial charge in [0.25, 0.3) is 0 Å². The van der Waals surface area contributed by atoms with Crippen molar-refractivity contribution in [3.8, 4) is 0 Å². The molecule has 0 amide bonds. The number of carbonyl (C=O) groups is 3. The highest BCUT2D eigenvalue weighted by Crippen LogP contribution is 2.45. The number of unbranched alkanes of at least 4 members (excludes halogenated alkanes) is 34. The number of phosphoric acid groups is 2. The van der Waals surface area contributed by atoms with Crippen LogP contribution in [-0.4, -0.2) is 95.9 Å². The van der Waals surface area contributed by atoms with E-state index in [1.54, 1.807) is 0 Å². The van der Waals surface area contributed by atoms with Gasteiger partial charge in [0, 0.05) is 19.3 Å². The van der Waals surface area contributed by atoms with Crippen LogP contribution in [0.4, 0.5) is 0 Å². The Hall–Kier alpha value is -4.57. The number of aliphatic hydroxyl groups is 2. The third-order valence-electron chi connectivity index (χ3n) is 18.0. The number of hydrogen-bond donors (Lipinski definition) is 4. The summed E-state index contributed by atoms with van der Waals surface area (Å²) in [7, 11) is -9.80. The van der Waals surface area contributed by atoms with E-state index in [1.807, 2.05) is 0 Å². The van der Waals surface area contributed by atoms with Gasteiger partial charge in [0.05, 0.1) is 26.4 Å². The summed E-state index contributed by atoms with van der Waals surface area (Å²) >= 11 is 0. The van der Waals surface area contributed by atoms with Gasteiger partial charge >= 0.3 is 33.6 Å². The maximum absolute atomic E-state index is 13.0. The fourth-order valence-corrected chi connectivity index (χ4v) is 13.1. The molecule has 0 aromatic heterocycles. The van der Waals surface area contributed by atoms with Gasteiger partial charge in [-0.25, -0.2) is 9.13 Å². The topological polar surface area (TPSA) is 231 Å². The molecular formula is C91H156O16P2. The molecule has 0 heterocycles. The van der Waals surface area contributed by atoms with Crippen molar-refractivity contribution in [2.24, 2.45) is 0 Å². The van der Waals surface area contributed by atoms with E-state index in [9.17, 15) is 43.5 Å². The van der Waals surface area contributed by atoms with Crippen LogP contribution in [-0.2, 0) is 55.8 Å². The second-order valence-corrected chi connectivity index (χ2v) is 31.5. The largest absolute Gasteiger partial charge is 0.472 e. The zero-order valence-corrected chi connectivity index (χ0v) is 70.5. The van der Waals surface area contributed by atoms with Crippen molar-refractivity contribution < 1.29 is 75.8 Å². The van der Waals surface area contributed by atoms with Gasteiger partial charge in [-0.3, -0.25) is 32.5 Å². The van der Waals surface area contributed by atoms with Crippen molar-refractivity contribution in [1.82, 2.24) is 0 Å². The lowest BCUT2D eigenvalue weighted by molar-refractivity contribution is -0.161. The molecule has 0 aromatic rings. The summed E-state index contributed by atoms with van der Waals surface area (Å²) in [6.07, 6.45) is 103. The van der Waals surface area contributed by atoms with Crippen molar-refractivity contribution in [2.45, 2.75) is 373 Å². The van der Waals surface area contributed by atoms with Crippen molar-refractivity contribution in [2.75, 3.05) is 39.6 Å². The van der Waals surface area contributed by atoms with Crippen LogP contribution in [0.3, 0.4) is 0 Å². The maximum atomic E-state index is 13.0. The second kappa shape index (κ2) is 82.9. The molecule has 0 aliphatic rings. The summed E-state index contributed by atoms with van der Waals surface area (Å²) < 4.78 is 61.3. The third-order valence-corrected chi connectivity index (χ3v) is 19.9. The number of aliphatic hydroxyl groups excluding tert-OH is 2. The first kappa shape index (κ1) is 104. The summed E-state index contributed by atoms with van der Waals surface area (Å²) in [6.45, 7) is 2.47. The lowest BCUT2D eigenvalue weighted by atomic mass is 10.0. The van der Waals surface area contributed by atoms with Crippen LogP contribution in [0.15, 0.2) is 146 Å². The fraction of sp³-hybridized carbons (Fsp3) is 0.703. The van der Waals surface area contributed by atoms with Crippen molar-refractivity contribution in [3.05, 3.63) is 146 Å². The van der Waals surface area contributed by atoms with Crippen LogP contribution >= 0.6 is 15.6 Å². The Kier molecular flexibility index (Phi) is 79.4. The second-order valence-electron chi connectivity index (χ2n) is 28.6. The molecule has 0 bridgehead atoms. The number of hydrogen-bond acceptors (Lipinski definition) is 14. The van der Waals surface area contributed by atoms with E-state index < -0.39 is 91.5 Å². The molecule has 0 saturated heterocycles. The van der Waals surface area contributed by atoms with Gasteiger partial charge in [-0.15, -0.1) is 0 Å². The first-order chi connectivity index (χ1) is 53.2. The predicted molar refractivity (Wildman–Crippen MR) is 454 cm³/mol. The summed E-state index contributed by atoms with van der Waals surface area (Å²) in [5.74, 6) is -1.58. The van der Waals surface area contributed by atoms with Gasteiger partial charge in [0.15, 0.2) is 6.10 Å². The van der Waals surface area contributed by atoms with Gasteiger partial charge in [-0.1, -0.05) is 340 Å². The van der Waals surface area contributed by atoms with E-state index in [-0.39, 0.29) is 19.3 Å². The van der Waals surface area contributed by atoms with E-state index in [4.69, 9.17) is 32.3 Å². The number of phosphoric ester groups is 2. The van der Waals surface area contributed by atoms with Gasteiger partial charge < -0.3 is 34.2 Å². The summed E-state index contributed by atoms with van der Waals surface area (Å²) in [4.78, 5) is 58.8. The van der Waals surface area contributed by atoms with Crippen LogP contribution in [0.2, 0.25) is 0 Å². The van der Waals surface area contributed by atoms with Crippen LogP contribution in [0.5, 0.6) is 0 Å². The summed E-state index contributed by atoms with van der Waals surface area (Å²) in [6, 6.07) is 0. The van der Waals surface area contributed by atoms with Crippen LogP contribution in [0.1, 0.15) is 355 Å². The molecule has 18 heteroatoms. The monoisotopic (exact) mass is 1570 g/mol. The molecule has 4 N–H and O–H groups in total. The quantitative estimate of drug-likeness (QED) is 0.0146. The van der Waals surface area contributed by atoms with Gasteiger partial charge in [0.1, 0.15) is 25.4 Å². The molecule has 0 aliphatic heterocycles. The molecule has 5 atom stereocenters. The van der Waals surface area contributed by atoms with Crippen molar-refractivity contribution in [3.63, 3.8) is 0 Å². The SMILES string of the molecule is CC/C=C\C/C=C\C/C=C\C/C=C\C/C=C\C/C=C\CCCCCCCCCCCCCCC(=O)OCC(O)COP(=O)(O)OCC(O)COP(=O)(O)OCC(COC(=O)CCCCCCCCCCCCC/C=C\C/C=C\C/C=C\C/C=C\C/C=C\CC)OC(=O)CCCCCCC/C=C\CCCCCCCC. The molecule has 109 heavy (non-hydrogen) atoms. The van der Waals surface area contributed by atoms with Crippen LogP contribution in [0.25, 0.3) is 0 Å². The minimum absolute atomic E-state index is 0.0928. The van der Waals surface area contributed by atoms with E-state index in [0.29, 0.717) is 19.3 Å². The van der Waals surface area contributed by atoms with Crippen LogP contribution < -0.4 is 0 Å². The minimum Gasteiger partial charge on any atom is -0.463 e. The van der Waals surface area contributed by atoms with E-state index >= 15 is 0 Å². The highest BCUT2D eigenvalue weighted by Gasteiger charge is 2.29. The number of carbonyl (C=O) groups excluding carboxylic acids is 3. The first-order valence-electron chi connectivity index (χ1n) is 43.1. The average molecular weight is 1570 g/mol. The van der Waals surface area contributed by atoms with Gasteiger partial charge in [-0.05, 0) is 141 Å². The molecule has 5 unspecified atom stereocenters. The lowest BCUT2D eigenvalue weighted by Gasteiger charge is -2.21. The Balaban J connectivity index is 4.51. The van der Waals surface area contributed by atoms with Crippen molar-refractivity contribution in [1.29, 1.82) is 0 Å². The highest BCUT2D eigenvalue weighted by molar-refractivity contribution is 7.47. The summed E-state index contributed by atoms with van der Waals surface area (Å²) in [5, 5.41) is 20.7. The van der Waals surface area contributed by atoms with E-state index in [1.165, 1.54) is 128 Å². The van der Waals surface area contributed by atoms with E-state index in [0.717, 1.165) is 167 Å². The molecule has 0 rings (SSSR count). The molecule has 0 radical (unpaired) electrons. The third kappa shape index (κ3) is 84.2. The van der Waals surface area contributed by atoms with Gasteiger partial charge in [0.2, 0.25) is 0 Å². The lowest BCUT2D eigenvalue weighted by Crippen LogP contribution is -2.30. The standard InChI is InChI=1S/C91H156O16P2/c1-4-7-10-13-16-19-22-25-28-30-32-34-36-38-40-41-42-43-45-47-48-50-52-54-57-59-62-65-68-71-74-77-89(94)101-80-86(92)81-103-108(97,98)104-82-87(93)83-105-109(99,100)106-85-88(107-91(96)79-76-73-70-67-64-61-56-27-24-21-18-15-12-9-6-3)84-102-90(95)78-75-72-69-66-63-60-58-55-53-51-49-46-44-39-37-35-33-31-29-26-23-20-17-14-11-8-5-2/h7-8,10-11,16-17,19-20,25-29,32-35,38-40,42-44,56,86-88,92-93H,4-6,9,12-15,18,21-24,30-31,36-37,41,45-55,57-85H2,1-3H3,(H,97,98)(H,99,100)/b10-7-,11-8-,19-16-,20-17-,28-25-,29-26-,34-32-,35-33-,40-38-,43-42-,44-39-,56-27-. The molecule has 0 saturated carbocycles. The van der Waals surface area contributed by atoms with Crippen LogP contribution in [0, 0.1) is 0 Å². The Labute approximate surface area is 664 Å². The number of allylic oxidation sites excluding steroid dienone is 24. The maximum Gasteiger partial charge on any atom is 0.472 e. The summed E-state index contributed by atoms with van der Waals surface area (Å²) in [5.41, 5.74) is 0. The molecule has 0 fully saturated rings. The number of rotatable bonds is 81. The molecule has 626 valence electrons. The zero-order valence-electron chi connectivity index (χ0n) is 68.7. The van der Waals surface area contributed by atoms with Gasteiger partial charge in [-0.2, -0.15) is 0 Å². The smallest absolute Gasteiger partial charge is 0.463 e. The fourth-order valence-electron chi connectivity index (χ4n) is 11.5. The number of ether oxygens (including phenoxy) is 3. The first-order valence-corrected chi connectivity index (χ1v) is 46.1. The molecule has 16 nitrogen and oxygen atoms in total. The average Bonchev–Trinajstić information content (AvgIpc) is 0.940. The Morgan fingerprint density at radius 1 is 0.266 bits per heavy atom. The Bertz CT molecular complexity index is 2560. The normalized spacial score (nSPS) is 14.6.